The number of rotatable bonds is 10. The van der Waals surface area contributed by atoms with Crippen molar-refractivity contribution in [1.29, 1.82) is 0 Å². The Morgan fingerprint density at radius 1 is 1.24 bits per heavy atom. The first-order chi connectivity index (χ1) is 9.86. The fraction of sp³-hybridized carbons (Fsp3) is 0.733. The van der Waals surface area contributed by atoms with Crippen LogP contribution in [0.4, 0.5) is 0 Å². The Kier molecular flexibility index (Phi) is 7.87. The highest BCUT2D eigenvalue weighted by atomic mass is 32.2. The smallest absolute Gasteiger partial charge is 0.241 e. The summed E-state index contributed by atoms with van der Waals surface area (Å²) in [4.78, 5) is 2.09. The van der Waals surface area contributed by atoms with Crippen LogP contribution in [0.5, 0.6) is 0 Å². The maximum atomic E-state index is 12.2. The van der Waals surface area contributed by atoms with Gasteiger partial charge in [-0.25, -0.2) is 13.1 Å². The van der Waals surface area contributed by atoms with Gasteiger partial charge in [-0.2, -0.15) is 0 Å². The van der Waals surface area contributed by atoms with E-state index in [1.165, 1.54) is 30.6 Å². The molecule has 0 atom stereocenters. The molecule has 6 heteroatoms. The summed E-state index contributed by atoms with van der Waals surface area (Å²) in [5.74, 6) is 0.752. The third-order valence-corrected chi connectivity index (χ3v) is 6.20. The van der Waals surface area contributed by atoms with Gasteiger partial charge >= 0.3 is 0 Å². The van der Waals surface area contributed by atoms with Crippen molar-refractivity contribution in [3.05, 3.63) is 15.8 Å². The molecule has 122 valence electrons. The number of hydrogen-bond acceptors (Lipinski definition) is 4. The molecule has 0 aliphatic rings. The van der Waals surface area contributed by atoms with E-state index in [4.69, 9.17) is 5.73 Å². The third kappa shape index (κ3) is 6.46. The molecule has 0 fully saturated rings. The van der Waals surface area contributed by atoms with Crippen LogP contribution in [0.15, 0.2) is 11.0 Å². The van der Waals surface area contributed by atoms with Crippen molar-refractivity contribution in [1.82, 2.24) is 4.72 Å². The SMILES string of the molecule is Cc1sc(CN)cc1S(=O)(=O)NCCCCCCC(C)C. The zero-order valence-electron chi connectivity index (χ0n) is 13.3. The highest BCUT2D eigenvalue weighted by molar-refractivity contribution is 7.89. The fourth-order valence-corrected chi connectivity index (χ4v) is 4.79. The van der Waals surface area contributed by atoms with Crippen molar-refractivity contribution in [3.8, 4) is 0 Å². The van der Waals surface area contributed by atoms with E-state index >= 15 is 0 Å². The number of sulfonamides is 1. The molecule has 0 radical (unpaired) electrons. The summed E-state index contributed by atoms with van der Waals surface area (Å²) < 4.78 is 27.1. The second-order valence-electron chi connectivity index (χ2n) is 5.83. The minimum atomic E-state index is -3.38. The molecule has 0 aliphatic heterocycles. The van der Waals surface area contributed by atoms with Crippen LogP contribution in [0.3, 0.4) is 0 Å². The zero-order valence-corrected chi connectivity index (χ0v) is 14.9. The maximum absolute atomic E-state index is 12.2. The predicted octanol–water partition coefficient (Wildman–Crippen LogP) is 3.40. The molecule has 0 unspecified atom stereocenters. The quantitative estimate of drug-likeness (QED) is 0.645. The van der Waals surface area contributed by atoms with Gasteiger partial charge in [-0.05, 0) is 25.3 Å². The lowest BCUT2D eigenvalue weighted by molar-refractivity contribution is 0.517. The molecular formula is C15H28N2O2S2. The van der Waals surface area contributed by atoms with Crippen molar-refractivity contribution in [2.45, 2.75) is 64.3 Å². The molecule has 4 nitrogen and oxygen atoms in total. The van der Waals surface area contributed by atoms with E-state index < -0.39 is 10.0 Å². The topological polar surface area (TPSA) is 72.2 Å². The minimum Gasteiger partial charge on any atom is -0.326 e. The Bertz CT molecular complexity index is 522. The van der Waals surface area contributed by atoms with Crippen molar-refractivity contribution in [2.75, 3.05) is 6.54 Å². The molecule has 1 rings (SSSR count). The number of aryl methyl sites for hydroxylation is 1. The maximum Gasteiger partial charge on any atom is 0.241 e. The summed E-state index contributed by atoms with van der Waals surface area (Å²) in [7, 11) is -3.38. The summed E-state index contributed by atoms with van der Waals surface area (Å²) in [6, 6.07) is 1.69. The summed E-state index contributed by atoms with van der Waals surface area (Å²) in [6.07, 6.45) is 5.63. The lowest BCUT2D eigenvalue weighted by atomic mass is 10.0. The van der Waals surface area contributed by atoms with E-state index in [1.807, 2.05) is 6.92 Å². The standard InChI is InChI=1S/C15H28N2O2S2/c1-12(2)8-6-4-5-7-9-17-21(18,19)15-10-14(11-16)20-13(15)3/h10,12,17H,4-9,11,16H2,1-3H3. The first-order valence-electron chi connectivity index (χ1n) is 7.66. The highest BCUT2D eigenvalue weighted by Gasteiger charge is 2.18. The van der Waals surface area contributed by atoms with Crippen LogP contribution < -0.4 is 10.5 Å². The van der Waals surface area contributed by atoms with Crippen LogP contribution in [0.2, 0.25) is 0 Å². The van der Waals surface area contributed by atoms with Gasteiger partial charge in [-0.15, -0.1) is 11.3 Å². The molecular weight excluding hydrogens is 304 g/mol. The molecule has 1 heterocycles. The van der Waals surface area contributed by atoms with E-state index in [2.05, 4.69) is 18.6 Å². The molecule has 3 N–H and O–H groups in total. The summed E-state index contributed by atoms with van der Waals surface area (Å²) >= 11 is 1.45. The van der Waals surface area contributed by atoms with E-state index in [-0.39, 0.29) is 0 Å². The van der Waals surface area contributed by atoms with Crippen LogP contribution in [0.1, 0.15) is 55.7 Å². The lowest BCUT2D eigenvalue weighted by Crippen LogP contribution is -2.25. The van der Waals surface area contributed by atoms with Crippen LogP contribution >= 0.6 is 11.3 Å². The molecule has 21 heavy (non-hydrogen) atoms. The monoisotopic (exact) mass is 332 g/mol. The van der Waals surface area contributed by atoms with Crippen molar-refractivity contribution in [3.63, 3.8) is 0 Å². The first-order valence-corrected chi connectivity index (χ1v) is 9.96. The normalized spacial score (nSPS) is 12.2. The second kappa shape index (κ2) is 8.88. The number of nitrogens with two attached hydrogens (primary N) is 1. The van der Waals surface area contributed by atoms with Crippen LogP contribution in [0.25, 0.3) is 0 Å². The van der Waals surface area contributed by atoms with Gasteiger partial charge in [0.15, 0.2) is 0 Å². The molecule has 0 spiro atoms. The van der Waals surface area contributed by atoms with Crippen molar-refractivity contribution < 1.29 is 8.42 Å². The van der Waals surface area contributed by atoms with Crippen LogP contribution in [0, 0.1) is 12.8 Å². The Hall–Kier alpha value is -0.430. The van der Waals surface area contributed by atoms with Gasteiger partial charge in [0.2, 0.25) is 10.0 Å². The van der Waals surface area contributed by atoms with E-state index in [0.717, 1.165) is 28.5 Å². The van der Waals surface area contributed by atoms with E-state index in [9.17, 15) is 8.42 Å². The van der Waals surface area contributed by atoms with Crippen molar-refractivity contribution >= 4 is 21.4 Å². The van der Waals surface area contributed by atoms with Gasteiger partial charge in [-0.3, -0.25) is 0 Å². The molecule has 0 amide bonds. The number of unbranched alkanes of at least 4 members (excludes halogenated alkanes) is 3. The van der Waals surface area contributed by atoms with Gasteiger partial charge < -0.3 is 5.73 Å². The largest absolute Gasteiger partial charge is 0.326 e. The van der Waals surface area contributed by atoms with Gasteiger partial charge in [0.05, 0.1) is 4.90 Å². The third-order valence-electron chi connectivity index (χ3n) is 3.41. The Morgan fingerprint density at radius 3 is 2.48 bits per heavy atom. The van der Waals surface area contributed by atoms with Crippen LogP contribution in [-0.4, -0.2) is 15.0 Å². The number of thiophene rings is 1. The summed E-state index contributed by atoms with van der Waals surface area (Å²) in [6.45, 7) is 7.18. The Morgan fingerprint density at radius 2 is 1.90 bits per heavy atom. The second-order valence-corrected chi connectivity index (χ2v) is 8.91. The first kappa shape index (κ1) is 18.6. The highest BCUT2D eigenvalue weighted by Crippen LogP contribution is 2.25. The molecule has 1 aromatic heterocycles. The molecule has 0 aromatic carbocycles. The average molecular weight is 333 g/mol. The Balaban J connectivity index is 2.35. The number of nitrogens with one attached hydrogen (secondary N) is 1. The fourth-order valence-electron chi connectivity index (χ4n) is 2.21. The minimum absolute atomic E-state index is 0.382. The molecule has 0 saturated heterocycles. The van der Waals surface area contributed by atoms with Gasteiger partial charge in [0.1, 0.15) is 0 Å². The van der Waals surface area contributed by atoms with E-state index in [0.29, 0.717) is 18.0 Å². The van der Waals surface area contributed by atoms with Crippen molar-refractivity contribution in [2.24, 2.45) is 11.7 Å². The summed E-state index contributed by atoms with van der Waals surface area (Å²) in [5.41, 5.74) is 5.56. The zero-order chi connectivity index (χ0) is 15.9. The average Bonchev–Trinajstić information content (AvgIpc) is 2.79. The molecule has 0 aliphatic carbocycles. The summed E-state index contributed by atoms with van der Waals surface area (Å²) in [5, 5.41) is 0. The lowest BCUT2D eigenvalue weighted by Gasteiger charge is -2.07. The number of hydrogen-bond donors (Lipinski definition) is 2. The molecule has 0 saturated carbocycles. The molecule has 1 aromatic rings. The van der Waals surface area contributed by atoms with Gasteiger partial charge in [0, 0.05) is 22.8 Å². The van der Waals surface area contributed by atoms with Gasteiger partial charge in [-0.1, -0.05) is 39.5 Å². The molecule has 0 bridgehead atoms. The van der Waals surface area contributed by atoms with Gasteiger partial charge in [0.25, 0.3) is 0 Å². The van der Waals surface area contributed by atoms with E-state index in [1.54, 1.807) is 6.07 Å². The Labute approximate surface area is 133 Å². The van der Waals surface area contributed by atoms with Crippen LogP contribution in [-0.2, 0) is 16.6 Å². The predicted molar refractivity (Wildman–Crippen MR) is 90.1 cm³/mol.